The quantitative estimate of drug-likeness (QED) is 0.174. The normalized spacial score (nSPS) is 16.7. The fourth-order valence-corrected chi connectivity index (χ4v) is 16.2. The van der Waals surface area contributed by atoms with Crippen LogP contribution in [0.5, 0.6) is 5.88 Å². The van der Waals surface area contributed by atoms with Crippen molar-refractivity contribution in [1.82, 2.24) is 14.1 Å². The second kappa shape index (κ2) is 8.73. The molecule has 1 unspecified atom stereocenters. The lowest BCUT2D eigenvalue weighted by Gasteiger charge is -2.17. The Morgan fingerprint density at radius 2 is 1.47 bits per heavy atom. The topological polar surface area (TPSA) is 45.1 Å². The van der Waals surface area contributed by atoms with Crippen molar-refractivity contribution in [2.75, 3.05) is 0 Å². The monoisotopic (exact) mass is 659 g/mol. The zero-order valence-electron chi connectivity index (χ0n) is 25.7. The van der Waals surface area contributed by atoms with Gasteiger partial charge >= 0.3 is 0 Å². The summed E-state index contributed by atoms with van der Waals surface area (Å²) in [5.41, 5.74) is 11.6. The molecule has 0 aliphatic carbocycles. The molecular weight excluding hydrogens is 631 g/mol. The number of hydrogen-bond donors (Lipinski definition) is 0. The summed E-state index contributed by atoms with van der Waals surface area (Å²) < 4.78 is 22.2. The minimum absolute atomic E-state index is 0.101. The molecule has 0 fully saturated rings. The molecule has 0 spiro atoms. The predicted octanol–water partition coefficient (Wildman–Crippen LogP) is 9.55. The van der Waals surface area contributed by atoms with E-state index in [0.29, 0.717) is 0 Å². The van der Waals surface area contributed by atoms with Gasteiger partial charge in [-0.05, 0) is 63.2 Å². The first-order chi connectivity index (χ1) is 21.7. The van der Waals surface area contributed by atoms with Gasteiger partial charge in [-0.2, -0.15) is 0 Å². The zero-order chi connectivity index (χ0) is 30.5. The molecule has 2 aliphatic rings. The lowest BCUT2D eigenvalue weighted by Crippen LogP contribution is -2.49. The van der Waals surface area contributed by atoms with Crippen LogP contribution in [-0.2, 0) is 0 Å². The Bertz CT molecular complexity index is 2560. The molecule has 0 saturated heterocycles. The molecular formula is C36H29N3O2S3Si. The third kappa shape index (κ3) is 3.31. The number of aryl methyl sites for hydroxylation is 3. The number of thiophene rings is 2. The lowest BCUT2D eigenvalue weighted by molar-refractivity contribution is 0.297. The van der Waals surface area contributed by atoms with Gasteiger partial charge < -0.3 is 13.7 Å². The van der Waals surface area contributed by atoms with E-state index in [2.05, 4.69) is 105 Å². The number of hydrogen-bond acceptors (Lipinski definition) is 6. The van der Waals surface area contributed by atoms with E-state index >= 15 is 0 Å². The molecule has 9 heteroatoms. The number of thioether (sulfide) groups is 1. The lowest BCUT2D eigenvalue weighted by atomic mass is 10.2. The summed E-state index contributed by atoms with van der Waals surface area (Å²) in [5.74, 6) is 1.01. The van der Waals surface area contributed by atoms with E-state index in [1.54, 1.807) is 0 Å². The molecule has 45 heavy (non-hydrogen) atoms. The first-order valence-electron chi connectivity index (χ1n) is 15.3. The SMILES string of the molecule is Cc1ccc(-n2c3c(c4c2-c2sc5c(oc6c5sc5c7cnc(C)cc7n(-c7ccc(C)cc7)c65)c2[Si]4(C)C)SC(C)O3)cc1. The molecule has 0 amide bonds. The number of fused-ring (bicyclic) bond motifs is 13. The molecule has 0 bridgehead atoms. The van der Waals surface area contributed by atoms with Gasteiger partial charge in [0.1, 0.15) is 24.6 Å². The van der Waals surface area contributed by atoms with Gasteiger partial charge in [0.25, 0.3) is 0 Å². The molecule has 6 aromatic heterocycles. The molecule has 0 N–H and O–H groups in total. The summed E-state index contributed by atoms with van der Waals surface area (Å²) in [6.45, 7) is 13.5. The minimum Gasteiger partial charge on any atom is -0.463 e. The Balaban J connectivity index is 1.29. The fraction of sp³-hybridized carbons (Fsp3) is 0.194. The van der Waals surface area contributed by atoms with Gasteiger partial charge in [-0.25, -0.2) is 0 Å². The first kappa shape index (κ1) is 26.5. The van der Waals surface area contributed by atoms with Gasteiger partial charge in [0.2, 0.25) is 5.88 Å². The van der Waals surface area contributed by atoms with Crippen molar-refractivity contribution in [3.8, 4) is 27.8 Å². The van der Waals surface area contributed by atoms with Crippen molar-refractivity contribution in [2.45, 2.75) is 51.1 Å². The molecule has 8 aromatic rings. The number of furan rings is 1. The van der Waals surface area contributed by atoms with Gasteiger partial charge in [0, 0.05) is 33.8 Å². The highest BCUT2D eigenvalue weighted by atomic mass is 32.2. The van der Waals surface area contributed by atoms with Crippen LogP contribution in [0, 0.1) is 20.8 Å². The van der Waals surface area contributed by atoms with E-state index in [0.717, 1.165) is 39.6 Å². The third-order valence-electron chi connectivity index (χ3n) is 9.54. The van der Waals surface area contributed by atoms with Crippen molar-refractivity contribution in [3.05, 3.63) is 77.6 Å². The predicted molar refractivity (Wildman–Crippen MR) is 193 cm³/mol. The number of aromatic nitrogens is 3. The Hall–Kier alpha value is -3.76. The van der Waals surface area contributed by atoms with Crippen LogP contribution in [0.3, 0.4) is 0 Å². The van der Waals surface area contributed by atoms with Crippen LogP contribution in [0.15, 0.2) is 70.1 Å². The minimum atomic E-state index is -2.15. The van der Waals surface area contributed by atoms with Crippen LogP contribution in [0.2, 0.25) is 13.1 Å². The smallest absolute Gasteiger partial charge is 0.213 e. The molecule has 5 nitrogen and oxygen atoms in total. The number of benzene rings is 2. The highest BCUT2D eigenvalue weighted by Gasteiger charge is 2.50. The van der Waals surface area contributed by atoms with Gasteiger partial charge in [0.05, 0.1) is 35.1 Å². The van der Waals surface area contributed by atoms with E-state index in [1.807, 2.05) is 40.6 Å². The first-order valence-corrected chi connectivity index (χ1v) is 20.8. The number of nitrogens with zero attached hydrogens (tertiary/aromatic N) is 3. The average molecular weight is 660 g/mol. The fourth-order valence-electron chi connectivity index (χ4n) is 7.48. The van der Waals surface area contributed by atoms with E-state index in [4.69, 9.17) is 14.1 Å². The molecule has 0 saturated carbocycles. The summed E-state index contributed by atoms with van der Waals surface area (Å²) in [4.78, 5) is 7.38. The van der Waals surface area contributed by atoms with Gasteiger partial charge in [-0.3, -0.25) is 9.55 Å². The van der Waals surface area contributed by atoms with E-state index in [9.17, 15) is 0 Å². The Labute approximate surface area is 273 Å². The molecule has 2 aromatic carbocycles. The molecule has 0 radical (unpaired) electrons. The summed E-state index contributed by atoms with van der Waals surface area (Å²) in [6.07, 6.45) is 2.04. The summed E-state index contributed by atoms with van der Waals surface area (Å²) in [6, 6.07) is 19.9. The van der Waals surface area contributed by atoms with Crippen LogP contribution in [0.4, 0.5) is 0 Å². The molecule has 2 aliphatic heterocycles. The van der Waals surface area contributed by atoms with Crippen LogP contribution in [0.25, 0.3) is 63.6 Å². The summed E-state index contributed by atoms with van der Waals surface area (Å²) in [5, 5.41) is 4.11. The number of rotatable bonds is 2. The second-order valence-corrected chi connectivity index (χ2v) is 20.6. The highest BCUT2D eigenvalue weighted by molar-refractivity contribution is 8.00. The zero-order valence-corrected chi connectivity index (χ0v) is 29.2. The van der Waals surface area contributed by atoms with Crippen LogP contribution < -0.4 is 15.1 Å². The third-order valence-corrected chi connectivity index (χ3v) is 16.9. The van der Waals surface area contributed by atoms with Crippen molar-refractivity contribution in [3.63, 3.8) is 0 Å². The van der Waals surface area contributed by atoms with Crippen LogP contribution >= 0.6 is 34.4 Å². The van der Waals surface area contributed by atoms with E-state index < -0.39 is 8.07 Å². The van der Waals surface area contributed by atoms with Gasteiger partial charge in [0.15, 0.2) is 5.58 Å². The standard InChI is InChI=1S/C36H29N3O2S3Si/c1-17-7-11-21(12-8-17)38-24-15-19(3)37-16-23(24)29-25(38)27-31(43-29)32-28(41-27)35-30(44-32)26-34(45(35,5)6)33-36(40-20(4)42-33)39(26)22-13-9-18(2)10-14-22/h7-16,20H,1-6H3. The van der Waals surface area contributed by atoms with Crippen molar-refractivity contribution >= 4 is 94.6 Å². The maximum Gasteiger partial charge on any atom is 0.213 e. The maximum absolute atomic E-state index is 7.14. The molecule has 8 heterocycles. The van der Waals surface area contributed by atoms with Crippen molar-refractivity contribution < 1.29 is 9.15 Å². The maximum atomic E-state index is 7.14. The van der Waals surface area contributed by atoms with E-state index in [1.165, 1.54) is 62.0 Å². The average Bonchev–Trinajstić information content (AvgIpc) is 3.83. The van der Waals surface area contributed by atoms with Crippen molar-refractivity contribution in [2.24, 2.45) is 0 Å². The van der Waals surface area contributed by atoms with Crippen LogP contribution in [-0.4, -0.2) is 27.6 Å². The molecule has 10 rings (SSSR count). The Morgan fingerprint density at radius 1 is 0.800 bits per heavy atom. The Morgan fingerprint density at radius 3 is 2.18 bits per heavy atom. The molecule has 222 valence electrons. The van der Waals surface area contributed by atoms with Crippen molar-refractivity contribution in [1.29, 1.82) is 0 Å². The largest absolute Gasteiger partial charge is 0.463 e. The number of ether oxygens (including phenoxy) is 1. The van der Waals surface area contributed by atoms with Gasteiger partial charge in [-0.1, -0.05) is 60.2 Å². The van der Waals surface area contributed by atoms with E-state index in [-0.39, 0.29) is 5.44 Å². The van der Waals surface area contributed by atoms with Gasteiger partial charge in [-0.15, -0.1) is 22.7 Å². The Kier molecular flexibility index (Phi) is 5.13. The molecule has 1 atom stereocenters. The van der Waals surface area contributed by atoms with Crippen LogP contribution in [0.1, 0.15) is 23.7 Å². The number of pyridine rings is 1. The second-order valence-electron chi connectivity index (χ2n) is 13.0. The highest BCUT2D eigenvalue weighted by Crippen LogP contribution is 2.54. The summed E-state index contributed by atoms with van der Waals surface area (Å²) >= 11 is 5.63. The summed E-state index contributed by atoms with van der Waals surface area (Å²) in [7, 11) is -2.15.